The summed E-state index contributed by atoms with van der Waals surface area (Å²) in [6, 6.07) is 3.42. The summed E-state index contributed by atoms with van der Waals surface area (Å²) in [5, 5.41) is 0.421. The second kappa shape index (κ2) is 6.44. The largest absolute Gasteiger partial charge is 0.489 e. The molecule has 1 aliphatic carbocycles. The number of benzene rings is 1. The zero-order chi connectivity index (χ0) is 15.5. The van der Waals surface area contributed by atoms with Gasteiger partial charge in [-0.1, -0.05) is 11.6 Å². The van der Waals surface area contributed by atoms with Crippen molar-refractivity contribution >= 4 is 23.4 Å². The monoisotopic (exact) mass is 324 g/mol. The van der Waals surface area contributed by atoms with Gasteiger partial charge in [0.1, 0.15) is 0 Å². The van der Waals surface area contributed by atoms with Gasteiger partial charge in [0.2, 0.25) is 11.8 Å². The molecule has 0 saturated heterocycles. The van der Waals surface area contributed by atoms with Gasteiger partial charge in [-0.2, -0.15) is 0 Å². The van der Waals surface area contributed by atoms with Crippen LogP contribution < -0.4 is 20.3 Å². The molecule has 1 fully saturated rings. The predicted molar refractivity (Wildman–Crippen MR) is 79.8 cm³/mol. The Morgan fingerprint density at radius 3 is 2.73 bits per heavy atom. The number of carbonyl (C=O) groups is 2. The SMILES string of the molecule is O=C(Cc1cc(Cl)c2c(c1)OCCCO2)NNC(=O)C1CC1. The maximum absolute atomic E-state index is 11.9. The van der Waals surface area contributed by atoms with Gasteiger partial charge in [-0.15, -0.1) is 0 Å². The first-order valence-electron chi connectivity index (χ1n) is 7.30. The van der Waals surface area contributed by atoms with Gasteiger partial charge >= 0.3 is 0 Å². The van der Waals surface area contributed by atoms with Gasteiger partial charge in [0.15, 0.2) is 11.5 Å². The summed E-state index contributed by atoms with van der Waals surface area (Å²) in [5.41, 5.74) is 5.54. The lowest BCUT2D eigenvalue weighted by Crippen LogP contribution is -2.43. The lowest BCUT2D eigenvalue weighted by Gasteiger charge is -2.12. The maximum atomic E-state index is 11.9. The molecule has 0 atom stereocenters. The Kier molecular flexibility index (Phi) is 4.38. The van der Waals surface area contributed by atoms with E-state index in [9.17, 15) is 9.59 Å². The first-order chi connectivity index (χ1) is 10.6. The summed E-state index contributed by atoms with van der Waals surface area (Å²) in [4.78, 5) is 23.3. The van der Waals surface area contributed by atoms with Gasteiger partial charge in [0.05, 0.1) is 24.7 Å². The Balaban J connectivity index is 1.61. The second-order valence-electron chi connectivity index (χ2n) is 5.44. The third-order valence-corrected chi connectivity index (χ3v) is 3.78. The molecule has 1 aromatic rings. The smallest absolute Gasteiger partial charge is 0.242 e. The molecule has 2 amide bonds. The van der Waals surface area contributed by atoms with Crippen LogP contribution in [-0.2, 0) is 16.0 Å². The molecule has 0 radical (unpaired) electrons. The van der Waals surface area contributed by atoms with Crippen LogP contribution in [-0.4, -0.2) is 25.0 Å². The summed E-state index contributed by atoms with van der Waals surface area (Å²) in [6.07, 6.45) is 2.66. The Labute approximate surface area is 133 Å². The standard InChI is InChI=1S/C15H17ClN2O4/c16-11-6-9(7-12-14(11)22-5-1-4-21-12)8-13(19)17-18-15(20)10-2-3-10/h6-7,10H,1-5,8H2,(H,17,19)(H,18,20). The van der Waals surface area contributed by atoms with Gasteiger partial charge in [-0.05, 0) is 30.5 Å². The highest BCUT2D eigenvalue weighted by atomic mass is 35.5. The van der Waals surface area contributed by atoms with Crippen molar-refractivity contribution in [1.29, 1.82) is 0 Å². The van der Waals surface area contributed by atoms with Gasteiger partial charge in [-0.3, -0.25) is 20.4 Å². The van der Waals surface area contributed by atoms with E-state index in [1.807, 2.05) is 0 Å². The third kappa shape index (κ3) is 3.62. The fourth-order valence-electron chi connectivity index (χ4n) is 2.19. The minimum atomic E-state index is -0.306. The number of ether oxygens (including phenoxy) is 2. The van der Waals surface area contributed by atoms with Gasteiger partial charge in [0.25, 0.3) is 0 Å². The van der Waals surface area contributed by atoms with Crippen LogP contribution in [0.25, 0.3) is 0 Å². The molecule has 2 aliphatic rings. The zero-order valence-electron chi connectivity index (χ0n) is 12.0. The fourth-order valence-corrected chi connectivity index (χ4v) is 2.48. The molecule has 7 heteroatoms. The lowest BCUT2D eigenvalue weighted by molar-refractivity contribution is -0.129. The average molecular weight is 325 g/mol. The van der Waals surface area contributed by atoms with Crippen LogP contribution in [0.4, 0.5) is 0 Å². The number of halogens is 1. The van der Waals surface area contributed by atoms with E-state index in [-0.39, 0.29) is 24.2 Å². The van der Waals surface area contributed by atoms with E-state index in [1.165, 1.54) is 0 Å². The van der Waals surface area contributed by atoms with Crippen molar-refractivity contribution in [2.75, 3.05) is 13.2 Å². The summed E-state index contributed by atoms with van der Waals surface area (Å²) < 4.78 is 11.1. The highest BCUT2D eigenvalue weighted by molar-refractivity contribution is 6.32. The van der Waals surface area contributed by atoms with Crippen molar-refractivity contribution in [3.05, 3.63) is 22.7 Å². The number of hydrogen-bond donors (Lipinski definition) is 2. The molecule has 1 heterocycles. The molecule has 1 aromatic carbocycles. The summed E-state index contributed by atoms with van der Waals surface area (Å²) in [7, 11) is 0. The van der Waals surface area contributed by atoms with E-state index >= 15 is 0 Å². The van der Waals surface area contributed by atoms with E-state index < -0.39 is 0 Å². The van der Waals surface area contributed by atoms with Crippen LogP contribution in [0.2, 0.25) is 5.02 Å². The normalized spacial score (nSPS) is 16.6. The topological polar surface area (TPSA) is 76.7 Å². The maximum Gasteiger partial charge on any atom is 0.242 e. The molecule has 6 nitrogen and oxygen atoms in total. The quantitative estimate of drug-likeness (QED) is 0.828. The van der Waals surface area contributed by atoms with Crippen molar-refractivity contribution < 1.29 is 19.1 Å². The fraction of sp³-hybridized carbons (Fsp3) is 0.467. The molecule has 0 unspecified atom stereocenters. The minimum Gasteiger partial charge on any atom is -0.489 e. The van der Waals surface area contributed by atoms with Crippen molar-refractivity contribution in [3.63, 3.8) is 0 Å². The van der Waals surface area contributed by atoms with E-state index in [1.54, 1.807) is 12.1 Å². The molecule has 3 rings (SSSR count). The lowest BCUT2D eigenvalue weighted by atomic mass is 10.1. The van der Waals surface area contributed by atoms with Gasteiger partial charge < -0.3 is 9.47 Å². The minimum absolute atomic E-state index is 0.0489. The van der Waals surface area contributed by atoms with Crippen LogP contribution in [0.3, 0.4) is 0 Å². The number of carbonyl (C=O) groups excluding carboxylic acids is 2. The molecular weight excluding hydrogens is 308 g/mol. The van der Waals surface area contributed by atoms with Crippen molar-refractivity contribution in [2.24, 2.45) is 5.92 Å². The molecule has 1 aliphatic heterocycles. The molecule has 22 heavy (non-hydrogen) atoms. The molecule has 118 valence electrons. The Morgan fingerprint density at radius 2 is 1.95 bits per heavy atom. The van der Waals surface area contributed by atoms with E-state index in [0.717, 1.165) is 19.3 Å². The third-order valence-electron chi connectivity index (χ3n) is 3.50. The van der Waals surface area contributed by atoms with E-state index in [2.05, 4.69) is 10.9 Å². The van der Waals surface area contributed by atoms with E-state index in [4.69, 9.17) is 21.1 Å². The predicted octanol–water partition coefficient (Wildman–Crippen LogP) is 1.60. The molecular formula is C15H17ClN2O4. The number of rotatable bonds is 3. The Hall–Kier alpha value is -1.95. The zero-order valence-corrected chi connectivity index (χ0v) is 12.7. The van der Waals surface area contributed by atoms with Crippen LogP contribution in [0.5, 0.6) is 11.5 Å². The van der Waals surface area contributed by atoms with Crippen LogP contribution in [0.1, 0.15) is 24.8 Å². The Bertz CT molecular complexity index is 601. The van der Waals surface area contributed by atoms with E-state index in [0.29, 0.717) is 35.3 Å². The number of nitrogens with one attached hydrogen (secondary N) is 2. The van der Waals surface area contributed by atoms with Gasteiger partial charge in [-0.25, -0.2) is 0 Å². The molecule has 2 N–H and O–H groups in total. The van der Waals surface area contributed by atoms with Crippen LogP contribution in [0, 0.1) is 5.92 Å². The van der Waals surface area contributed by atoms with Crippen LogP contribution >= 0.6 is 11.6 Å². The van der Waals surface area contributed by atoms with Crippen molar-refractivity contribution in [2.45, 2.75) is 25.7 Å². The summed E-state index contributed by atoms with van der Waals surface area (Å²) in [5.74, 6) is 0.678. The molecule has 0 bridgehead atoms. The number of hydrogen-bond acceptors (Lipinski definition) is 4. The first kappa shape index (κ1) is 15.0. The number of fused-ring (bicyclic) bond motifs is 1. The van der Waals surface area contributed by atoms with Gasteiger partial charge in [0, 0.05) is 12.3 Å². The number of amides is 2. The highest BCUT2D eigenvalue weighted by Crippen LogP contribution is 2.38. The molecule has 0 aromatic heterocycles. The van der Waals surface area contributed by atoms with Crippen molar-refractivity contribution in [1.82, 2.24) is 10.9 Å². The Morgan fingerprint density at radius 1 is 1.18 bits per heavy atom. The summed E-state index contributed by atoms with van der Waals surface area (Å²) >= 11 is 6.17. The summed E-state index contributed by atoms with van der Waals surface area (Å²) in [6.45, 7) is 1.11. The molecule has 0 spiro atoms. The molecule has 1 saturated carbocycles. The highest BCUT2D eigenvalue weighted by Gasteiger charge is 2.29. The second-order valence-corrected chi connectivity index (χ2v) is 5.85. The average Bonchev–Trinajstić information content (AvgIpc) is 3.31. The van der Waals surface area contributed by atoms with Crippen LogP contribution in [0.15, 0.2) is 12.1 Å². The number of hydrazine groups is 1. The van der Waals surface area contributed by atoms with Crippen molar-refractivity contribution in [3.8, 4) is 11.5 Å². The first-order valence-corrected chi connectivity index (χ1v) is 7.68.